The molecule has 3 aliphatic heterocycles. The van der Waals surface area contributed by atoms with Gasteiger partial charge in [0, 0.05) is 53.5 Å². The van der Waals surface area contributed by atoms with Gasteiger partial charge in [-0.15, -0.1) is 0 Å². The number of hydrogen-bond acceptors (Lipinski definition) is 8. The van der Waals surface area contributed by atoms with Crippen LogP contribution in [0.25, 0.3) is 0 Å². The van der Waals surface area contributed by atoms with Crippen LogP contribution in [0, 0.1) is 0 Å². The summed E-state index contributed by atoms with van der Waals surface area (Å²) >= 11 is 6.08. The van der Waals surface area contributed by atoms with Gasteiger partial charge in [0.25, 0.3) is 5.91 Å². The first kappa shape index (κ1) is 23.1. The number of rotatable bonds is 6. The van der Waals surface area contributed by atoms with Crippen LogP contribution in [0.1, 0.15) is 34.8 Å². The Kier molecular flexibility index (Phi) is 6.98. The molecule has 34 heavy (non-hydrogen) atoms. The van der Waals surface area contributed by atoms with Crippen molar-refractivity contribution < 1.29 is 9.53 Å². The van der Waals surface area contributed by atoms with Gasteiger partial charge in [0.2, 0.25) is 0 Å². The highest BCUT2D eigenvalue weighted by Gasteiger charge is 2.33. The fraction of sp³-hybridized carbons (Fsp3) is 0.417. The Bertz CT molecular complexity index is 1080. The molecule has 0 aliphatic carbocycles. The number of aliphatic imine (C=N–C) groups is 1. The van der Waals surface area contributed by atoms with Crippen LogP contribution >= 0.6 is 11.6 Å². The van der Waals surface area contributed by atoms with E-state index in [4.69, 9.17) is 16.3 Å². The Morgan fingerprint density at radius 2 is 2.18 bits per heavy atom. The van der Waals surface area contributed by atoms with Crippen molar-refractivity contribution in [3.63, 3.8) is 0 Å². The predicted octanol–water partition coefficient (Wildman–Crippen LogP) is 2.09. The quantitative estimate of drug-likeness (QED) is 0.429. The zero-order chi connectivity index (χ0) is 23.5. The molecule has 3 heterocycles. The first-order valence-electron chi connectivity index (χ1n) is 11.6. The fourth-order valence-corrected chi connectivity index (χ4v) is 4.73. The molecular weight excluding hydrogens is 454 g/mol. The van der Waals surface area contributed by atoms with E-state index in [1.165, 1.54) is 0 Å². The maximum absolute atomic E-state index is 13.0. The molecule has 1 saturated heterocycles. The minimum Gasteiger partial charge on any atom is -0.493 e. The van der Waals surface area contributed by atoms with E-state index in [1.807, 2.05) is 36.4 Å². The number of hydrazine groups is 1. The average molecular weight is 484 g/mol. The maximum atomic E-state index is 13.0. The number of fused-ring (bicyclic) bond motifs is 1. The summed E-state index contributed by atoms with van der Waals surface area (Å²) in [6, 6.07) is 13.0. The number of carbonyl (C=O) groups is 1. The molecule has 1 fully saturated rings. The van der Waals surface area contributed by atoms with Crippen molar-refractivity contribution in [1.29, 1.82) is 0 Å². The zero-order valence-electron chi connectivity index (χ0n) is 19.1. The minimum atomic E-state index is -0.113. The van der Waals surface area contributed by atoms with Gasteiger partial charge >= 0.3 is 0 Å². The van der Waals surface area contributed by atoms with E-state index in [0.29, 0.717) is 36.8 Å². The summed E-state index contributed by atoms with van der Waals surface area (Å²) in [5.41, 5.74) is 10.3. The summed E-state index contributed by atoms with van der Waals surface area (Å²) in [6.45, 7) is 2.84. The smallest absolute Gasteiger partial charge is 0.251 e. The molecule has 180 valence electrons. The monoisotopic (exact) mass is 483 g/mol. The highest BCUT2D eigenvalue weighted by atomic mass is 35.5. The third-order valence-corrected chi connectivity index (χ3v) is 6.73. The summed E-state index contributed by atoms with van der Waals surface area (Å²) in [4.78, 5) is 19.9. The number of benzene rings is 2. The number of ether oxygens (including phenoxy) is 1. The average Bonchev–Trinajstić information content (AvgIpc) is 3.23. The normalized spacial score (nSPS) is 24.6. The van der Waals surface area contributed by atoms with Gasteiger partial charge in [0.1, 0.15) is 11.9 Å². The summed E-state index contributed by atoms with van der Waals surface area (Å²) in [7, 11) is 2.08. The number of nitrogens with one attached hydrogen (secondary N) is 5. The second-order valence-corrected chi connectivity index (χ2v) is 9.17. The van der Waals surface area contributed by atoms with Gasteiger partial charge < -0.3 is 15.4 Å². The predicted molar refractivity (Wildman–Crippen MR) is 133 cm³/mol. The number of likely N-dealkylation sites (N-methyl/N-ethyl adjacent to an activating group) is 1. The van der Waals surface area contributed by atoms with Crippen molar-refractivity contribution in [1.82, 2.24) is 26.4 Å². The number of nitrogens with zero attached hydrogens (tertiary/aromatic N) is 2. The van der Waals surface area contributed by atoms with Crippen molar-refractivity contribution in [3.05, 3.63) is 58.6 Å². The lowest BCUT2D eigenvalue weighted by Gasteiger charge is -2.27. The lowest BCUT2D eigenvalue weighted by Crippen LogP contribution is -2.46. The van der Waals surface area contributed by atoms with Gasteiger partial charge in [0.05, 0.1) is 25.5 Å². The van der Waals surface area contributed by atoms with E-state index in [9.17, 15) is 4.79 Å². The summed E-state index contributed by atoms with van der Waals surface area (Å²) in [5.74, 6) is 0.619. The molecule has 10 heteroatoms. The Hall–Kier alpha value is -2.69. The van der Waals surface area contributed by atoms with Crippen LogP contribution in [0.3, 0.4) is 0 Å². The van der Waals surface area contributed by atoms with Crippen molar-refractivity contribution >= 4 is 28.9 Å². The summed E-state index contributed by atoms with van der Waals surface area (Å²) in [5, 5.41) is 10.5. The van der Waals surface area contributed by atoms with Gasteiger partial charge in [-0.25, -0.2) is 10.9 Å². The second-order valence-electron chi connectivity index (χ2n) is 8.74. The number of hydrogen-bond donors (Lipinski definition) is 5. The van der Waals surface area contributed by atoms with Gasteiger partial charge in [-0.3, -0.25) is 20.0 Å². The van der Waals surface area contributed by atoms with Gasteiger partial charge in [-0.2, -0.15) is 0 Å². The van der Waals surface area contributed by atoms with Gasteiger partial charge in [-0.05, 0) is 37.4 Å². The number of anilines is 1. The number of amides is 1. The molecule has 5 rings (SSSR count). The van der Waals surface area contributed by atoms with E-state index in [0.717, 1.165) is 35.7 Å². The molecule has 0 saturated carbocycles. The second kappa shape index (κ2) is 10.3. The zero-order valence-corrected chi connectivity index (χ0v) is 19.9. The molecular formula is C24H30ClN7O2. The molecule has 9 nitrogen and oxygen atoms in total. The third-order valence-electron chi connectivity index (χ3n) is 6.50. The Morgan fingerprint density at radius 1 is 1.26 bits per heavy atom. The van der Waals surface area contributed by atoms with E-state index in [-0.39, 0.29) is 24.3 Å². The van der Waals surface area contributed by atoms with Crippen LogP contribution in [-0.4, -0.2) is 62.3 Å². The van der Waals surface area contributed by atoms with E-state index in [1.54, 1.807) is 6.07 Å². The topological polar surface area (TPSA) is 102 Å². The SMILES string of the molecule is CN1C(CNc2cccc(C(=O)N[C@H]3CCOc4cc(Cl)ccc43)c2)NNC1C1=NCNCC1. The molecule has 3 atom stereocenters. The largest absolute Gasteiger partial charge is 0.493 e. The van der Waals surface area contributed by atoms with Crippen molar-refractivity contribution in [2.45, 2.75) is 31.2 Å². The first-order valence-corrected chi connectivity index (χ1v) is 12.0. The van der Waals surface area contributed by atoms with Crippen LogP contribution in [0.5, 0.6) is 5.75 Å². The van der Waals surface area contributed by atoms with Crippen LogP contribution in [-0.2, 0) is 0 Å². The summed E-state index contributed by atoms with van der Waals surface area (Å²) < 4.78 is 5.71. The molecule has 2 unspecified atom stereocenters. The minimum absolute atomic E-state index is 0.0863. The Morgan fingerprint density at radius 3 is 3.03 bits per heavy atom. The number of carbonyl (C=O) groups excluding carboxylic acids is 1. The van der Waals surface area contributed by atoms with Crippen LogP contribution in [0.2, 0.25) is 5.02 Å². The highest BCUT2D eigenvalue weighted by molar-refractivity contribution is 6.30. The molecule has 5 N–H and O–H groups in total. The summed E-state index contributed by atoms with van der Waals surface area (Å²) in [6.07, 6.45) is 1.83. The van der Waals surface area contributed by atoms with Crippen molar-refractivity contribution in [3.8, 4) is 5.75 Å². The van der Waals surface area contributed by atoms with Gasteiger partial charge in [0.15, 0.2) is 0 Å². The molecule has 0 spiro atoms. The van der Waals surface area contributed by atoms with Gasteiger partial charge in [-0.1, -0.05) is 23.7 Å². The van der Waals surface area contributed by atoms with E-state index >= 15 is 0 Å². The molecule has 1 amide bonds. The van der Waals surface area contributed by atoms with Crippen LogP contribution in [0.15, 0.2) is 47.5 Å². The molecule has 0 aromatic heterocycles. The maximum Gasteiger partial charge on any atom is 0.251 e. The lowest BCUT2D eigenvalue weighted by atomic mass is 10.00. The fourth-order valence-electron chi connectivity index (χ4n) is 4.57. The number of halogens is 1. The van der Waals surface area contributed by atoms with Crippen molar-refractivity contribution in [2.24, 2.45) is 4.99 Å². The van der Waals surface area contributed by atoms with Crippen molar-refractivity contribution in [2.75, 3.05) is 38.7 Å². The molecule has 3 aliphatic rings. The van der Waals surface area contributed by atoms with E-state index < -0.39 is 0 Å². The van der Waals surface area contributed by atoms with Crippen LogP contribution in [0.4, 0.5) is 5.69 Å². The van der Waals surface area contributed by atoms with Crippen LogP contribution < -0.4 is 31.5 Å². The first-order chi connectivity index (χ1) is 16.6. The standard InChI is InChI=1S/C24H30ClN7O2/c1-32-22(30-31-23(32)20-7-9-26-14-28-20)13-27-17-4-2-3-15(11-17)24(33)29-19-8-10-34-21-12-16(25)5-6-18(19)21/h2-6,11-12,19,22-23,26-27,30-31H,7-10,13-14H2,1H3,(H,29,33)/t19-,22?,23?/m0/s1. The molecule has 2 aromatic rings. The highest BCUT2D eigenvalue weighted by Crippen LogP contribution is 2.34. The Balaban J connectivity index is 1.19. The Labute approximate surface area is 204 Å². The molecule has 2 aromatic carbocycles. The molecule has 0 radical (unpaired) electrons. The van der Waals surface area contributed by atoms with E-state index in [2.05, 4.69) is 43.7 Å². The lowest BCUT2D eigenvalue weighted by molar-refractivity contribution is 0.0925. The molecule has 0 bridgehead atoms. The third kappa shape index (κ3) is 5.03.